The minimum Gasteiger partial charge on any atom is -0.388 e. The molecule has 0 radical (unpaired) electrons. The quantitative estimate of drug-likeness (QED) is 0.633. The summed E-state index contributed by atoms with van der Waals surface area (Å²) < 4.78 is 10.9. The molecule has 0 unspecified atom stereocenters. The van der Waals surface area contributed by atoms with Crippen molar-refractivity contribution in [1.82, 2.24) is 0 Å². The van der Waals surface area contributed by atoms with Gasteiger partial charge in [-0.3, -0.25) is 0 Å². The molecule has 2 rings (SSSR count). The molecule has 0 amide bonds. The SMILES string of the molecule is CO[C@H]1CC2(CC2)O[C@H](C)[C@H]1O. The second-order valence-electron chi connectivity index (χ2n) is 3.97. The van der Waals surface area contributed by atoms with Crippen molar-refractivity contribution in [2.75, 3.05) is 7.11 Å². The van der Waals surface area contributed by atoms with Gasteiger partial charge in [-0.25, -0.2) is 0 Å². The Morgan fingerprint density at radius 3 is 2.67 bits per heavy atom. The summed E-state index contributed by atoms with van der Waals surface area (Å²) in [5.74, 6) is 0. The third-order valence-corrected chi connectivity index (χ3v) is 2.98. The highest BCUT2D eigenvalue weighted by Crippen LogP contribution is 2.48. The van der Waals surface area contributed by atoms with Crippen LogP contribution in [0.3, 0.4) is 0 Å². The lowest BCUT2D eigenvalue weighted by molar-refractivity contribution is -0.180. The lowest BCUT2D eigenvalue weighted by Gasteiger charge is -2.37. The maximum atomic E-state index is 9.65. The third kappa shape index (κ3) is 1.26. The van der Waals surface area contributed by atoms with Crippen molar-refractivity contribution in [3.8, 4) is 0 Å². The molecule has 1 aliphatic carbocycles. The van der Waals surface area contributed by atoms with Gasteiger partial charge in [-0.1, -0.05) is 0 Å². The number of hydrogen-bond acceptors (Lipinski definition) is 3. The average Bonchev–Trinajstić information content (AvgIpc) is 2.78. The molecular formula is C9H16O3. The fourth-order valence-electron chi connectivity index (χ4n) is 1.99. The number of rotatable bonds is 1. The van der Waals surface area contributed by atoms with Crippen LogP contribution in [0.4, 0.5) is 0 Å². The van der Waals surface area contributed by atoms with Crippen molar-refractivity contribution in [3.63, 3.8) is 0 Å². The van der Waals surface area contributed by atoms with Gasteiger partial charge in [0.2, 0.25) is 0 Å². The number of aliphatic hydroxyl groups excluding tert-OH is 1. The van der Waals surface area contributed by atoms with Crippen LogP contribution in [0.2, 0.25) is 0 Å². The number of aliphatic hydroxyl groups is 1. The molecule has 70 valence electrons. The van der Waals surface area contributed by atoms with Gasteiger partial charge in [0.1, 0.15) is 6.10 Å². The van der Waals surface area contributed by atoms with Crippen LogP contribution in [0.15, 0.2) is 0 Å². The summed E-state index contributed by atoms with van der Waals surface area (Å²) in [6.07, 6.45) is 2.55. The number of methoxy groups -OCH3 is 1. The molecule has 1 aliphatic heterocycles. The lowest BCUT2D eigenvalue weighted by Crippen LogP contribution is -2.48. The Balaban J connectivity index is 2.04. The monoisotopic (exact) mass is 172 g/mol. The molecule has 2 fully saturated rings. The molecule has 0 aromatic carbocycles. The van der Waals surface area contributed by atoms with Crippen molar-refractivity contribution >= 4 is 0 Å². The van der Waals surface area contributed by atoms with Gasteiger partial charge in [-0.15, -0.1) is 0 Å². The standard InChI is InChI=1S/C9H16O3/c1-6-8(10)7(11-2)5-9(12-6)3-4-9/h6-8,10H,3-5H2,1-2H3/t6-,7+,8-/m1/s1. The second kappa shape index (κ2) is 2.69. The largest absolute Gasteiger partial charge is 0.388 e. The molecule has 0 bridgehead atoms. The Bertz CT molecular complexity index is 177. The first-order chi connectivity index (χ1) is 5.67. The van der Waals surface area contributed by atoms with E-state index in [-0.39, 0.29) is 17.8 Å². The highest BCUT2D eigenvalue weighted by Gasteiger charge is 2.52. The molecule has 1 N–H and O–H groups in total. The summed E-state index contributed by atoms with van der Waals surface area (Å²) >= 11 is 0. The Morgan fingerprint density at radius 1 is 1.50 bits per heavy atom. The van der Waals surface area contributed by atoms with Gasteiger partial charge < -0.3 is 14.6 Å². The van der Waals surface area contributed by atoms with Crippen molar-refractivity contribution < 1.29 is 14.6 Å². The molecule has 2 aliphatic rings. The van der Waals surface area contributed by atoms with Crippen LogP contribution in [0.1, 0.15) is 26.2 Å². The Hall–Kier alpha value is -0.120. The predicted molar refractivity (Wildman–Crippen MR) is 43.9 cm³/mol. The molecule has 0 aromatic rings. The van der Waals surface area contributed by atoms with Crippen LogP contribution < -0.4 is 0 Å². The zero-order valence-electron chi connectivity index (χ0n) is 7.62. The van der Waals surface area contributed by atoms with E-state index in [1.54, 1.807) is 7.11 Å². The van der Waals surface area contributed by atoms with Gasteiger partial charge in [0.25, 0.3) is 0 Å². The van der Waals surface area contributed by atoms with Crippen LogP contribution in [-0.4, -0.2) is 36.1 Å². The topological polar surface area (TPSA) is 38.7 Å². The normalized spacial score (nSPS) is 44.8. The van der Waals surface area contributed by atoms with Gasteiger partial charge in [-0.2, -0.15) is 0 Å². The van der Waals surface area contributed by atoms with E-state index in [2.05, 4.69) is 0 Å². The smallest absolute Gasteiger partial charge is 0.106 e. The van der Waals surface area contributed by atoms with E-state index in [0.717, 1.165) is 19.3 Å². The minimum absolute atomic E-state index is 0.0313. The molecule has 1 heterocycles. The van der Waals surface area contributed by atoms with Crippen molar-refractivity contribution in [3.05, 3.63) is 0 Å². The number of hydrogen-bond donors (Lipinski definition) is 1. The molecule has 12 heavy (non-hydrogen) atoms. The summed E-state index contributed by atoms with van der Waals surface area (Å²) in [5.41, 5.74) is 0.0688. The van der Waals surface area contributed by atoms with Crippen LogP contribution in [0.25, 0.3) is 0 Å². The Kier molecular flexibility index (Phi) is 1.90. The van der Waals surface area contributed by atoms with Gasteiger partial charge >= 0.3 is 0 Å². The van der Waals surface area contributed by atoms with Gasteiger partial charge in [-0.05, 0) is 19.8 Å². The summed E-state index contributed by atoms with van der Waals surface area (Å²) in [7, 11) is 1.65. The second-order valence-corrected chi connectivity index (χ2v) is 3.97. The maximum Gasteiger partial charge on any atom is 0.106 e. The first kappa shape index (κ1) is 8.48. The van der Waals surface area contributed by atoms with Crippen LogP contribution in [0, 0.1) is 0 Å². The number of ether oxygens (including phenoxy) is 2. The first-order valence-corrected chi connectivity index (χ1v) is 4.55. The summed E-state index contributed by atoms with van der Waals surface area (Å²) in [6, 6.07) is 0. The summed E-state index contributed by atoms with van der Waals surface area (Å²) in [6.45, 7) is 1.91. The van der Waals surface area contributed by atoms with Crippen molar-refractivity contribution in [2.45, 2.75) is 50.1 Å². The zero-order chi connectivity index (χ0) is 8.77. The molecule has 1 saturated carbocycles. The zero-order valence-corrected chi connectivity index (χ0v) is 7.62. The van der Waals surface area contributed by atoms with Crippen LogP contribution in [-0.2, 0) is 9.47 Å². The summed E-state index contributed by atoms with van der Waals surface area (Å²) in [4.78, 5) is 0. The Labute approximate surface area is 72.7 Å². The Morgan fingerprint density at radius 2 is 2.17 bits per heavy atom. The van der Waals surface area contributed by atoms with E-state index in [0.29, 0.717) is 0 Å². The van der Waals surface area contributed by atoms with E-state index in [1.807, 2.05) is 6.92 Å². The van der Waals surface area contributed by atoms with Crippen molar-refractivity contribution in [2.24, 2.45) is 0 Å². The molecule has 0 aromatic heterocycles. The molecule has 3 nitrogen and oxygen atoms in total. The minimum atomic E-state index is -0.457. The molecular weight excluding hydrogens is 156 g/mol. The molecule has 1 saturated heterocycles. The first-order valence-electron chi connectivity index (χ1n) is 4.55. The van der Waals surface area contributed by atoms with Crippen LogP contribution in [0.5, 0.6) is 0 Å². The average molecular weight is 172 g/mol. The van der Waals surface area contributed by atoms with E-state index in [1.165, 1.54) is 0 Å². The highest BCUT2D eigenvalue weighted by atomic mass is 16.6. The predicted octanol–water partition coefficient (Wildman–Crippen LogP) is 0.704. The van der Waals surface area contributed by atoms with Gasteiger partial charge in [0.15, 0.2) is 0 Å². The fourth-order valence-corrected chi connectivity index (χ4v) is 1.99. The van der Waals surface area contributed by atoms with E-state index < -0.39 is 6.10 Å². The summed E-state index contributed by atoms with van der Waals surface area (Å²) in [5, 5.41) is 9.65. The van der Waals surface area contributed by atoms with E-state index in [4.69, 9.17) is 9.47 Å². The van der Waals surface area contributed by atoms with Crippen molar-refractivity contribution in [1.29, 1.82) is 0 Å². The molecule has 1 spiro atoms. The maximum absolute atomic E-state index is 9.65. The van der Waals surface area contributed by atoms with E-state index >= 15 is 0 Å². The van der Waals surface area contributed by atoms with Gasteiger partial charge in [0, 0.05) is 13.5 Å². The lowest BCUT2D eigenvalue weighted by atomic mass is 9.97. The molecule has 3 heteroatoms. The molecule has 3 atom stereocenters. The van der Waals surface area contributed by atoms with Crippen LogP contribution >= 0.6 is 0 Å². The third-order valence-electron chi connectivity index (χ3n) is 2.98. The van der Waals surface area contributed by atoms with E-state index in [9.17, 15) is 5.11 Å². The fraction of sp³-hybridized carbons (Fsp3) is 1.00. The van der Waals surface area contributed by atoms with Gasteiger partial charge in [0.05, 0.1) is 17.8 Å². The highest BCUT2D eigenvalue weighted by molar-refractivity contribution is 5.03.